The van der Waals surface area contributed by atoms with E-state index in [4.69, 9.17) is 10.3 Å². The molecule has 1 saturated carbocycles. The van der Waals surface area contributed by atoms with E-state index in [1.54, 1.807) is 12.1 Å². The Kier molecular flexibility index (Phi) is 3.30. The first-order valence-electron chi connectivity index (χ1n) is 6.96. The lowest BCUT2D eigenvalue weighted by Gasteiger charge is -2.33. The lowest BCUT2D eigenvalue weighted by Crippen LogP contribution is -2.41. The van der Waals surface area contributed by atoms with Gasteiger partial charge in [-0.1, -0.05) is 12.1 Å². The first-order valence-corrected chi connectivity index (χ1v) is 6.96. The third kappa shape index (κ3) is 2.45. The van der Waals surface area contributed by atoms with Gasteiger partial charge in [-0.3, -0.25) is 0 Å². The van der Waals surface area contributed by atoms with Crippen molar-refractivity contribution in [2.75, 3.05) is 0 Å². The molecule has 0 bridgehead atoms. The Balaban J connectivity index is 1.85. The highest BCUT2D eigenvalue weighted by Crippen LogP contribution is 2.36. The van der Waals surface area contributed by atoms with Crippen molar-refractivity contribution in [2.45, 2.75) is 38.1 Å². The maximum Gasteiger partial charge on any atom is 0.257 e. The van der Waals surface area contributed by atoms with Gasteiger partial charge in [0.25, 0.3) is 5.89 Å². The van der Waals surface area contributed by atoms with Gasteiger partial charge in [-0.05, 0) is 55.9 Å². The number of rotatable bonds is 2. The molecule has 106 valence electrons. The largest absolute Gasteiger partial charge is 0.334 e. The van der Waals surface area contributed by atoms with Gasteiger partial charge in [-0.25, -0.2) is 4.39 Å². The highest BCUT2D eigenvalue weighted by atomic mass is 19.1. The number of nitrogens with two attached hydrogens (primary N) is 1. The fourth-order valence-corrected chi connectivity index (χ4v) is 2.64. The van der Waals surface area contributed by atoms with Crippen LogP contribution < -0.4 is 5.73 Å². The highest BCUT2D eigenvalue weighted by molar-refractivity contribution is 5.52. The van der Waals surface area contributed by atoms with Gasteiger partial charge in [0.1, 0.15) is 5.82 Å². The third-order valence-corrected chi connectivity index (χ3v) is 4.13. The molecule has 0 amide bonds. The average Bonchev–Trinajstić information content (AvgIpc) is 2.94. The second-order valence-corrected chi connectivity index (χ2v) is 5.77. The lowest BCUT2D eigenvalue weighted by atomic mass is 9.77. The first-order chi connectivity index (χ1) is 9.57. The average molecular weight is 275 g/mol. The molecule has 0 spiro atoms. The minimum Gasteiger partial charge on any atom is -0.334 e. The summed E-state index contributed by atoms with van der Waals surface area (Å²) >= 11 is 0. The van der Waals surface area contributed by atoms with Crippen LogP contribution in [0.25, 0.3) is 11.5 Å². The topological polar surface area (TPSA) is 64.9 Å². The molecule has 0 radical (unpaired) electrons. The zero-order valence-corrected chi connectivity index (χ0v) is 11.5. The number of hydrogen-bond donors (Lipinski definition) is 1. The van der Waals surface area contributed by atoms with Gasteiger partial charge >= 0.3 is 0 Å². The molecular weight excluding hydrogens is 257 g/mol. The fourth-order valence-electron chi connectivity index (χ4n) is 2.64. The molecule has 1 heterocycles. The van der Waals surface area contributed by atoms with Crippen molar-refractivity contribution in [3.63, 3.8) is 0 Å². The van der Waals surface area contributed by atoms with Crippen LogP contribution in [-0.4, -0.2) is 10.1 Å². The summed E-state index contributed by atoms with van der Waals surface area (Å²) in [4.78, 5) is 4.41. The van der Waals surface area contributed by atoms with Crippen LogP contribution >= 0.6 is 0 Å². The summed E-state index contributed by atoms with van der Waals surface area (Å²) in [6, 6.07) is 6.00. The molecule has 0 unspecified atom stereocenters. The molecule has 4 nitrogen and oxygen atoms in total. The molecule has 2 N–H and O–H groups in total. The molecule has 2 aromatic rings. The van der Waals surface area contributed by atoms with Crippen LogP contribution in [0.2, 0.25) is 0 Å². The highest BCUT2D eigenvalue weighted by Gasteiger charge is 2.36. The second-order valence-electron chi connectivity index (χ2n) is 5.77. The molecule has 1 aromatic heterocycles. The van der Waals surface area contributed by atoms with Crippen molar-refractivity contribution in [3.8, 4) is 11.5 Å². The molecule has 1 aliphatic rings. The quantitative estimate of drug-likeness (QED) is 0.913. The van der Waals surface area contributed by atoms with Gasteiger partial charge in [-0.15, -0.1) is 0 Å². The van der Waals surface area contributed by atoms with Gasteiger partial charge in [-0.2, -0.15) is 4.98 Å². The minimum absolute atomic E-state index is 0.287. The molecule has 5 heteroatoms. The predicted molar refractivity (Wildman–Crippen MR) is 73.2 cm³/mol. The Morgan fingerprint density at radius 2 is 1.90 bits per heavy atom. The normalized spacial score (nSPS) is 26.6. The van der Waals surface area contributed by atoms with E-state index in [-0.39, 0.29) is 5.82 Å². The smallest absolute Gasteiger partial charge is 0.257 e. The van der Waals surface area contributed by atoms with Crippen LogP contribution in [0.1, 0.15) is 38.4 Å². The van der Waals surface area contributed by atoms with E-state index < -0.39 is 5.54 Å². The molecule has 0 saturated heterocycles. The molecular formula is C15H18FN3O. The van der Waals surface area contributed by atoms with Crippen molar-refractivity contribution in [3.05, 3.63) is 35.9 Å². The lowest BCUT2D eigenvalue weighted by molar-refractivity contribution is 0.230. The summed E-state index contributed by atoms with van der Waals surface area (Å²) in [6.45, 7) is 2.24. The van der Waals surface area contributed by atoms with E-state index >= 15 is 0 Å². The van der Waals surface area contributed by atoms with Crippen LogP contribution in [0.5, 0.6) is 0 Å². The zero-order chi connectivity index (χ0) is 14.2. The van der Waals surface area contributed by atoms with Crippen LogP contribution in [0.3, 0.4) is 0 Å². The van der Waals surface area contributed by atoms with Crippen molar-refractivity contribution >= 4 is 0 Å². The monoisotopic (exact) mass is 275 g/mol. The van der Waals surface area contributed by atoms with Crippen molar-refractivity contribution in [1.82, 2.24) is 10.1 Å². The number of halogens is 1. The van der Waals surface area contributed by atoms with Gasteiger partial charge in [0.2, 0.25) is 0 Å². The number of aromatic nitrogens is 2. The molecule has 1 aliphatic carbocycles. The Morgan fingerprint density at radius 3 is 2.55 bits per heavy atom. The SMILES string of the molecule is CC1CCC(N)(c2noc(-c3ccc(F)cc3)n2)CC1. The summed E-state index contributed by atoms with van der Waals surface area (Å²) < 4.78 is 18.2. The summed E-state index contributed by atoms with van der Waals surface area (Å²) in [6.07, 6.45) is 3.90. The summed E-state index contributed by atoms with van der Waals surface area (Å²) in [5, 5.41) is 4.03. The van der Waals surface area contributed by atoms with E-state index in [0.29, 0.717) is 23.2 Å². The van der Waals surface area contributed by atoms with Crippen LogP contribution in [0, 0.1) is 11.7 Å². The van der Waals surface area contributed by atoms with Crippen LogP contribution in [0.4, 0.5) is 4.39 Å². The van der Waals surface area contributed by atoms with Crippen LogP contribution in [0.15, 0.2) is 28.8 Å². The summed E-state index contributed by atoms with van der Waals surface area (Å²) in [7, 11) is 0. The Morgan fingerprint density at radius 1 is 1.25 bits per heavy atom. The zero-order valence-electron chi connectivity index (χ0n) is 11.5. The van der Waals surface area contributed by atoms with Gasteiger partial charge < -0.3 is 10.3 Å². The van der Waals surface area contributed by atoms with E-state index in [9.17, 15) is 4.39 Å². The van der Waals surface area contributed by atoms with Crippen molar-refractivity contribution in [1.29, 1.82) is 0 Å². The maximum atomic E-state index is 12.9. The van der Waals surface area contributed by atoms with E-state index in [2.05, 4.69) is 17.1 Å². The number of nitrogens with zero attached hydrogens (tertiary/aromatic N) is 2. The molecule has 3 rings (SSSR count). The van der Waals surface area contributed by atoms with Gasteiger partial charge in [0, 0.05) is 5.56 Å². The number of hydrogen-bond acceptors (Lipinski definition) is 4. The van der Waals surface area contributed by atoms with E-state index in [1.807, 2.05) is 0 Å². The predicted octanol–water partition coefficient (Wildman–Crippen LogP) is 3.24. The minimum atomic E-state index is -0.492. The Hall–Kier alpha value is -1.75. The Bertz CT molecular complexity index is 585. The molecule has 1 fully saturated rings. The molecule has 20 heavy (non-hydrogen) atoms. The van der Waals surface area contributed by atoms with Crippen molar-refractivity contribution < 1.29 is 8.91 Å². The maximum absolute atomic E-state index is 12.9. The fraction of sp³-hybridized carbons (Fsp3) is 0.467. The van der Waals surface area contributed by atoms with E-state index in [1.165, 1.54) is 12.1 Å². The molecule has 0 aliphatic heterocycles. The molecule has 1 aromatic carbocycles. The van der Waals surface area contributed by atoms with E-state index in [0.717, 1.165) is 25.7 Å². The van der Waals surface area contributed by atoms with Crippen LogP contribution in [-0.2, 0) is 5.54 Å². The standard InChI is InChI=1S/C15H18FN3O/c1-10-6-8-15(17,9-7-10)14-18-13(20-19-14)11-2-4-12(16)5-3-11/h2-5,10H,6-9,17H2,1H3. The third-order valence-electron chi connectivity index (χ3n) is 4.13. The van der Waals surface area contributed by atoms with Gasteiger partial charge in [0.05, 0.1) is 5.54 Å². The molecule has 0 atom stereocenters. The summed E-state index contributed by atoms with van der Waals surface area (Å²) in [5.74, 6) is 1.37. The van der Waals surface area contributed by atoms with Crippen molar-refractivity contribution in [2.24, 2.45) is 11.7 Å². The Labute approximate surface area is 117 Å². The summed E-state index contributed by atoms with van der Waals surface area (Å²) in [5.41, 5.74) is 6.63. The first kappa shape index (κ1) is 13.2. The van der Waals surface area contributed by atoms with Gasteiger partial charge in [0.15, 0.2) is 5.82 Å². The number of benzene rings is 1. The second kappa shape index (κ2) is 4.98.